The maximum atomic E-state index is 3.47. The number of unbranched alkanes of at least 4 members (excludes halogenated alkanes) is 1. The molecule has 0 aromatic rings. The van der Waals surface area contributed by atoms with Crippen LogP contribution in [-0.4, -0.2) is 12.6 Å². The van der Waals surface area contributed by atoms with Gasteiger partial charge in [-0.2, -0.15) is 0 Å². The molecule has 0 aliphatic rings. The first-order chi connectivity index (χ1) is 4.81. The van der Waals surface area contributed by atoms with Gasteiger partial charge < -0.3 is 5.32 Å². The Kier molecular flexibility index (Phi) is 7.04. The zero-order valence-electron chi connectivity index (χ0n) is 7.61. The highest BCUT2D eigenvalue weighted by atomic mass is 14.9. The van der Waals surface area contributed by atoms with E-state index in [9.17, 15) is 0 Å². The van der Waals surface area contributed by atoms with Gasteiger partial charge in [-0.05, 0) is 26.3 Å². The minimum Gasteiger partial charge on any atom is -0.314 e. The fourth-order valence-electron chi connectivity index (χ4n) is 1.00. The van der Waals surface area contributed by atoms with Crippen LogP contribution in [0.1, 0.15) is 46.5 Å². The Bertz CT molecular complexity index is 53.7. The van der Waals surface area contributed by atoms with Crippen LogP contribution in [0, 0.1) is 0 Å². The summed E-state index contributed by atoms with van der Waals surface area (Å²) in [5.41, 5.74) is 0. The summed E-state index contributed by atoms with van der Waals surface area (Å²) in [6.45, 7) is 7.89. The van der Waals surface area contributed by atoms with E-state index in [0.29, 0.717) is 0 Å². The Hall–Kier alpha value is -0.0400. The SMILES string of the molecule is CCCC[C@H](C)NCCC. The third kappa shape index (κ3) is 6.09. The van der Waals surface area contributed by atoms with Gasteiger partial charge in [-0.15, -0.1) is 0 Å². The van der Waals surface area contributed by atoms with Crippen LogP contribution in [0.25, 0.3) is 0 Å². The lowest BCUT2D eigenvalue weighted by atomic mass is 10.1. The molecule has 0 saturated heterocycles. The Morgan fingerprint density at radius 3 is 2.40 bits per heavy atom. The van der Waals surface area contributed by atoms with Crippen LogP contribution < -0.4 is 5.32 Å². The van der Waals surface area contributed by atoms with Crippen molar-refractivity contribution in [1.29, 1.82) is 0 Å². The highest BCUT2D eigenvalue weighted by Gasteiger charge is 1.96. The van der Waals surface area contributed by atoms with Crippen molar-refractivity contribution >= 4 is 0 Å². The van der Waals surface area contributed by atoms with Gasteiger partial charge in [0.05, 0.1) is 0 Å². The Balaban J connectivity index is 3.00. The molecule has 0 spiro atoms. The number of rotatable bonds is 6. The smallest absolute Gasteiger partial charge is 0.00387 e. The monoisotopic (exact) mass is 143 g/mol. The van der Waals surface area contributed by atoms with Crippen LogP contribution in [0.15, 0.2) is 0 Å². The summed E-state index contributed by atoms with van der Waals surface area (Å²) in [6, 6.07) is 0.722. The summed E-state index contributed by atoms with van der Waals surface area (Å²) in [7, 11) is 0. The minimum absolute atomic E-state index is 0.722. The molecule has 0 aliphatic carbocycles. The molecule has 62 valence electrons. The van der Waals surface area contributed by atoms with Gasteiger partial charge in [-0.25, -0.2) is 0 Å². The summed E-state index contributed by atoms with van der Waals surface area (Å²) in [4.78, 5) is 0. The molecule has 0 amide bonds. The van der Waals surface area contributed by atoms with E-state index in [1.165, 1.54) is 32.2 Å². The second kappa shape index (κ2) is 7.07. The summed E-state index contributed by atoms with van der Waals surface area (Å²) in [6.07, 6.45) is 5.25. The van der Waals surface area contributed by atoms with Crippen molar-refractivity contribution in [2.24, 2.45) is 0 Å². The lowest BCUT2D eigenvalue weighted by molar-refractivity contribution is 0.495. The predicted octanol–water partition coefficient (Wildman–Crippen LogP) is 2.56. The van der Waals surface area contributed by atoms with Crippen molar-refractivity contribution in [2.75, 3.05) is 6.54 Å². The average Bonchev–Trinajstić information content (AvgIpc) is 1.97. The lowest BCUT2D eigenvalue weighted by Gasteiger charge is -2.11. The number of hydrogen-bond donors (Lipinski definition) is 1. The quantitative estimate of drug-likeness (QED) is 0.602. The van der Waals surface area contributed by atoms with Gasteiger partial charge >= 0.3 is 0 Å². The molecule has 1 atom stereocenters. The number of nitrogens with one attached hydrogen (secondary N) is 1. The van der Waals surface area contributed by atoms with Gasteiger partial charge in [0.2, 0.25) is 0 Å². The third-order valence-electron chi connectivity index (χ3n) is 1.73. The Morgan fingerprint density at radius 2 is 1.90 bits per heavy atom. The normalized spacial score (nSPS) is 13.5. The van der Waals surface area contributed by atoms with Gasteiger partial charge in [0, 0.05) is 6.04 Å². The summed E-state index contributed by atoms with van der Waals surface area (Å²) < 4.78 is 0. The van der Waals surface area contributed by atoms with Crippen molar-refractivity contribution in [3.05, 3.63) is 0 Å². The van der Waals surface area contributed by atoms with Crippen LogP contribution in [0.2, 0.25) is 0 Å². The first kappa shape index (κ1) is 9.96. The van der Waals surface area contributed by atoms with Crippen LogP contribution in [0.5, 0.6) is 0 Å². The van der Waals surface area contributed by atoms with Crippen molar-refractivity contribution in [3.8, 4) is 0 Å². The zero-order valence-corrected chi connectivity index (χ0v) is 7.61. The predicted molar refractivity (Wildman–Crippen MR) is 47.3 cm³/mol. The molecule has 1 nitrogen and oxygen atoms in total. The topological polar surface area (TPSA) is 12.0 Å². The van der Waals surface area contributed by atoms with E-state index in [1.807, 2.05) is 0 Å². The summed E-state index contributed by atoms with van der Waals surface area (Å²) in [5, 5.41) is 3.47. The maximum absolute atomic E-state index is 3.47. The van der Waals surface area contributed by atoms with Crippen LogP contribution in [-0.2, 0) is 0 Å². The van der Waals surface area contributed by atoms with E-state index in [2.05, 4.69) is 26.1 Å². The van der Waals surface area contributed by atoms with E-state index in [1.54, 1.807) is 0 Å². The van der Waals surface area contributed by atoms with E-state index >= 15 is 0 Å². The Morgan fingerprint density at radius 1 is 1.20 bits per heavy atom. The molecule has 1 heteroatoms. The van der Waals surface area contributed by atoms with Gasteiger partial charge in [-0.1, -0.05) is 26.7 Å². The molecule has 0 aromatic carbocycles. The molecule has 0 aliphatic heterocycles. The maximum Gasteiger partial charge on any atom is 0.00387 e. The molecular formula is C9H21N. The largest absolute Gasteiger partial charge is 0.314 e. The molecule has 0 rings (SSSR count). The molecule has 0 saturated carbocycles. The molecule has 0 radical (unpaired) electrons. The van der Waals surface area contributed by atoms with Gasteiger partial charge in [0.25, 0.3) is 0 Å². The zero-order chi connectivity index (χ0) is 7.82. The average molecular weight is 143 g/mol. The van der Waals surface area contributed by atoms with Crippen LogP contribution >= 0.6 is 0 Å². The van der Waals surface area contributed by atoms with E-state index in [-0.39, 0.29) is 0 Å². The van der Waals surface area contributed by atoms with Gasteiger partial charge in [0.15, 0.2) is 0 Å². The molecule has 0 unspecified atom stereocenters. The molecule has 0 bridgehead atoms. The number of hydrogen-bond acceptors (Lipinski definition) is 1. The minimum atomic E-state index is 0.722. The lowest BCUT2D eigenvalue weighted by Crippen LogP contribution is -2.26. The van der Waals surface area contributed by atoms with Crippen molar-refractivity contribution in [3.63, 3.8) is 0 Å². The Labute approximate surface area is 65.2 Å². The first-order valence-corrected chi connectivity index (χ1v) is 4.54. The third-order valence-corrected chi connectivity index (χ3v) is 1.73. The van der Waals surface area contributed by atoms with E-state index < -0.39 is 0 Å². The highest BCUT2D eigenvalue weighted by Crippen LogP contribution is 1.98. The van der Waals surface area contributed by atoms with Gasteiger partial charge in [-0.3, -0.25) is 0 Å². The fourth-order valence-corrected chi connectivity index (χ4v) is 1.00. The second-order valence-electron chi connectivity index (χ2n) is 3.00. The molecule has 0 aromatic heterocycles. The fraction of sp³-hybridized carbons (Fsp3) is 1.00. The van der Waals surface area contributed by atoms with Gasteiger partial charge in [0.1, 0.15) is 0 Å². The standard InChI is InChI=1S/C9H21N/c1-4-6-7-9(3)10-8-5-2/h9-10H,4-8H2,1-3H3/t9-/m0/s1. The summed E-state index contributed by atoms with van der Waals surface area (Å²) >= 11 is 0. The molecule has 10 heavy (non-hydrogen) atoms. The van der Waals surface area contributed by atoms with E-state index in [0.717, 1.165) is 6.04 Å². The van der Waals surface area contributed by atoms with Crippen molar-refractivity contribution in [1.82, 2.24) is 5.32 Å². The summed E-state index contributed by atoms with van der Waals surface area (Å²) in [5.74, 6) is 0. The highest BCUT2D eigenvalue weighted by molar-refractivity contribution is 4.58. The molecule has 0 heterocycles. The molecular weight excluding hydrogens is 122 g/mol. The second-order valence-corrected chi connectivity index (χ2v) is 3.00. The van der Waals surface area contributed by atoms with Crippen LogP contribution in [0.3, 0.4) is 0 Å². The molecule has 1 N–H and O–H groups in total. The van der Waals surface area contributed by atoms with E-state index in [4.69, 9.17) is 0 Å². The molecule has 0 fully saturated rings. The van der Waals surface area contributed by atoms with Crippen LogP contribution in [0.4, 0.5) is 0 Å². The van der Waals surface area contributed by atoms with Crippen molar-refractivity contribution in [2.45, 2.75) is 52.5 Å². The van der Waals surface area contributed by atoms with Crippen molar-refractivity contribution < 1.29 is 0 Å². The first-order valence-electron chi connectivity index (χ1n) is 4.54.